The number of hydrogen-bond acceptors (Lipinski definition) is 5. The number of carbonyl (C=O) groups excluding carboxylic acids is 1. The zero-order chi connectivity index (χ0) is 16.2. The van der Waals surface area contributed by atoms with Crippen LogP contribution in [0.5, 0.6) is 17.2 Å². The molecule has 0 saturated carbocycles. The van der Waals surface area contributed by atoms with Gasteiger partial charge in [-0.15, -0.1) is 0 Å². The Balaban J connectivity index is 1.67. The molecule has 1 amide bonds. The molecule has 120 valence electrons. The van der Waals surface area contributed by atoms with Crippen LogP contribution in [-0.2, 0) is 4.79 Å². The van der Waals surface area contributed by atoms with Crippen LogP contribution < -0.4 is 19.5 Å². The van der Waals surface area contributed by atoms with Gasteiger partial charge in [-0.2, -0.15) is 0 Å². The number of rotatable bonds is 5. The Morgan fingerprint density at radius 2 is 2.13 bits per heavy atom. The van der Waals surface area contributed by atoms with Gasteiger partial charge in [0.1, 0.15) is 11.6 Å². The first-order valence-electron chi connectivity index (χ1n) is 7.45. The number of amides is 1. The van der Waals surface area contributed by atoms with Gasteiger partial charge in [0.2, 0.25) is 6.79 Å². The predicted molar refractivity (Wildman–Crippen MR) is 84.9 cm³/mol. The van der Waals surface area contributed by atoms with E-state index in [0.717, 1.165) is 5.56 Å². The Labute approximate surface area is 134 Å². The molecule has 0 bridgehead atoms. The van der Waals surface area contributed by atoms with E-state index < -0.39 is 6.10 Å². The highest BCUT2D eigenvalue weighted by Gasteiger charge is 2.21. The van der Waals surface area contributed by atoms with E-state index in [-0.39, 0.29) is 12.7 Å². The van der Waals surface area contributed by atoms with Crippen molar-refractivity contribution in [1.82, 2.24) is 4.98 Å². The van der Waals surface area contributed by atoms with E-state index in [1.807, 2.05) is 19.9 Å². The van der Waals surface area contributed by atoms with E-state index in [9.17, 15) is 4.79 Å². The number of carbonyl (C=O) groups is 1. The Bertz CT molecular complexity index is 700. The number of hydrogen-bond donors (Lipinski definition) is 1. The maximum absolute atomic E-state index is 12.3. The van der Waals surface area contributed by atoms with Crippen molar-refractivity contribution in [1.29, 1.82) is 0 Å². The van der Waals surface area contributed by atoms with E-state index in [2.05, 4.69) is 10.3 Å². The summed E-state index contributed by atoms with van der Waals surface area (Å²) in [6, 6.07) is 8.91. The molecule has 0 unspecified atom stereocenters. The van der Waals surface area contributed by atoms with Crippen LogP contribution >= 0.6 is 0 Å². The lowest BCUT2D eigenvalue weighted by Gasteiger charge is -2.17. The van der Waals surface area contributed by atoms with E-state index in [1.54, 1.807) is 30.5 Å². The largest absolute Gasteiger partial charge is 0.480 e. The van der Waals surface area contributed by atoms with Crippen LogP contribution in [0.3, 0.4) is 0 Å². The molecule has 0 saturated heterocycles. The minimum Gasteiger partial charge on any atom is -0.480 e. The maximum atomic E-state index is 12.3. The Morgan fingerprint density at radius 1 is 1.30 bits per heavy atom. The molecule has 0 aliphatic carbocycles. The van der Waals surface area contributed by atoms with Crippen molar-refractivity contribution in [2.75, 3.05) is 12.1 Å². The third-order valence-electron chi connectivity index (χ3n) is 3.45. The summed E-state index contributed by atoms with van der Waals surface area (Å²) < 4.78 is 16.3. The fourth-order valence-corrected chi connectivity index (χ4v) is 2.19. The van der Waals surface area contributed by atoms with Crippen molar-refractivity contribution in [3.05, 3.63) is 42.1 Å². The quantitative estimate of drug-likeness (QED) is 0.919. The summed E-state index contributed by atoms with van der Waals surface area (Å²) in [4.78, 5) is 16.5. The van der Waals surface area contributed by atoms with Gasteiger partial charge in [-0.05, 0) is 37.1 Å². The van der Waals surface area contributed by atoms with Crippen LogP contribution in [0.25, 0.3) is 0 Å². The molecular formula is C17H18N2O4. The number of pyridine rings is 1. The average molecular weight is 314 g/mol. The molecule has 6 nitrogen and oxygen atoms in total. The van der Waals surface area contributed by atoms with Crippen LogP contribution in [0, 0.1) is 6.92 Å². The molecule has 0 radical (unpaired) electrons. The van der Waals surface area contributed by atoms with Crippen LogP contribution in [-0.4, -0.2) is 23.8 Å². The van der Waals surface area contributed by atoms with Crippen molar-refractivity contribution in [2.24, 2.45) is 0 Å². The summed E-state index contributed by atoms with van der Waals surface area (Å²) in [5.41, 5.74) is 1.03. The fraction of sp³-hybridized carbons (Fsp3) is 0.294. The van der Waals surface area contributed by atoms with Crippen molar-refractivity contribution < 1.29 is 19.0 Å². The van der Waals surface area contributed by atoms with Gasteiger partial charge in [0.15, 0.2) is 17.6 Å². The van der Waals surface area contributed by atoms with Crippen LogP contribution in [0.2, 0.25) is 0 Å². The smallest absolute Gasteiger partial charge is 0.266 e. The number of fused-ring (bicyclic) bond motifs is 1. The van der Waals surface area contributed by atoms with Gasteiger partial charge in [0.05, 0.1) is 0 Å². The van der Waals surface area contributed by atoms with Gasteiger partial charge in [-0.1, -0.05) is 13.0 Å². The number of nitrogens with zero attached hydrogens (tertiary/aromatic N) is 1. The molecule has 2 aromatic rings. The molecule has 3 rings (SSSR count). The predicted octanol–water partition coefficient (Wildman–Crippen LogP) is 2.91. The van der Waals surface area contributed by atoms with Crippen molar-refractivity contribution in [3.8, 4) is 17.2 Å². The lowest BCUT2D eigenvalue weighted by Crippen LogP contribution is -2.32. The molecule has 1 aliphatic heterocycles. The minimum atomic E-state index is -0.613. The van der Waals surface area contributed by atoms with Crippen molar-refractivity contribution in [2.45, 2.75) is 26.4 Å². The summed E-state index contributed by atoms with van der Waals surface area (Å²) in [5.74, 6) is 2.14. The first-order chi connectivity index (χ1) is 11.2. The van der Waals surface area contributed by atoms with Crippen molar-refractivity contribution in [3.63, 3.8) is 0 Å². The van der Waals surface area contributed by atoms with Crippen molar-refractivity contribution >= 4 is 11.7 Å². The lowest BCUT2D eigenvalue weighted by atomic mass is 10.2. The van der Waals surface area contributed by atoms with E-state index in [0.29, 0.717) is 29.5 Å². The summed E-state index contributed by atoms with van der Waals surface area (Å²) in [5, 5.41) is 2.76. The zero-order valence-electron chi connectivity index (χ0n) is 13.0. The maximum Gasteiger partial charge on any atom is 0.266 e. The molecule has 1 aromatic heterocycles. The molecule has 6 heteroatoms. The first-order valence-corrected chi connectivity index (χ1v) is 7.45. The van der Waals surface area contributed by atoms with Gasteiger partial charge in [-0.3, -0.25) is 4.79 Å². The van der Waals surface area contributed by atoms with E-state index in [4.69, 9.17) is 14.2 Å². The number of aryl methyl sites for hydroxylation is 1. The molecule has 1 atom stereocenters. The number of aromatic nitrogens is 1. The van der Waals surface area contributed by atoms with Gasteiger partial charge in [-0.25, -0.2) is 4.98 Å². The highest BCUT2D eigenvalue weighted by atomic mass is 16.7. The second-order valence-electron chi connectivity index (χ2n) is 5.24. The van der Waals surface area contributed by atoms with E-state index in [1.165, 1.54) is 0 Å². The number of anilines is 1. The zero-order valence-corrected chi connectivity index (χ0v) is 13.0. The Morgan fingerprint density at radius 3 is 2.87 bits per heavy atom. The molecule has 1 N–H and O–H groups in total. The summed E-state index contributed by atoms with van der Waals surface area (Å²) in [6.07, 6.45) is 1.62. The van der Waals surface area contributed by atoms with Gasteiger partial charge in [0, 0.05) is 12.3 Å². The number of nitrogens with one attached hydrogen (secondary N) is 1. The highest BCUT2D eigenvalue weighted by molar-refractivity contribution is 5.93. The van der Waals surface area contributed by atoms with Crippen LogP contribution in [0.1, 0.15) is 18.9 Å². The number of benzene rings is 1. The van der Waals surface area contributed by atoms with Gasteiger partial charge >= 0.3 is 0 Å². The molecule has 1 aliphatic rings. The third-order valence-corrected chi connectivity index (χ3v) is 3.45. The fourth-order valence-electron chi connectivity index (χ4n) is 2.19. The second-order valence-corrected chi connectivity index (χ2v) is 5.24. The molecule has 2 heterocycles. The summed E-state index contributed by atoms with van der Waals surface area (Å²) in [6.45, 7) is 4.03. The topological polar surface area (TPSA) is 69.7 Å². The molecule has 0 fully saturated rings. The first kappa shape index (κ1) is 15.1. The summed E-state index contributed by atoms with van der Waals surface area (Å²) >= 11 is 0. The van der Waals surface area contributed by atoms with Gasteiger partial charge in [0.25, 0.3) is 5.91 Å². The summed E-state index contributed by atoms with van der Waals surface area (Å²) in [7, 11) is 0. The van der Waals surface area contributed by atoms with E-state index >= 15 is 0 Å². The molecule has 1 aromatic carbocycles. The molecule has 23 heavy (non-hydrogen) atoms. The SMILES string of the molecule is CC[C@@H](Oc1ccc2c(c1)OCO2)C(=O)Nc1ccc(C)cn1. The Kier molecular flexibility index (Phi) is 4.32. The second kappa shape index (κ2) is 6.56. The highest BCUT2D eigenvalue weighted by Crippen LogP contribution is 2.35. The van der Waals surface area contributed by atoms with Gasteiger partial charge < -0.3 is 19.5 Å². The van der Waals surface area contributed by atoms with Crippen LogP contribution in [0.15, 0.2) is 36.5 Å². The van der Waals surface area contributed by atoms with Crippen LogP contribution in [0.4, 0.5) is 5.82 Å². The standard InChI is InChI=1S/C17H18N2O4/c1-3-13(17(20)19-16-7-4-11(2)9-18-16)23-12-5-6-14-15(8-12)22-10-21-14/h4-9,13H,3,10H2,1-2H3,(H,18,19,20)/t13-/m1/s1. The molecular weight excluding hydrogens is 296 g/mol. The number of ether oxygens (including phenoxy) is 3. The monoisotopic (exact) mass is 314 g/mol. The average Bonchev–Trinajstić information content (AvgIpc) is 3.02. The minimum absolute atomic E-state index is 0.204. The Hall–Kier alpha value is -2.76. The lowest BCUT2D eigenvalue weighted by molar-refractivity contribution is -0.122. The molecule has 0 spiro atoms. The normalized spacial score (nSPS) is 13.5. The third kappa shape index (κ3) is 3.53.